The highest BCUT2D eigenvalue weighted by Gasteiger charge is 2.13. The molecule has 1 unspecified atom stereocenters. The SMILES string of the molecule is O=C(CCc1cccc(Br)c1)NCC1CCCNC1. The van der Waals surface area contributed by atoms with Crippen LogP contribution in [-0.2, 0) is 11.2 Å². The van der Waals surface area contributed by atoms with Gasteiger partial charge in [-0.05, 0) is 56.0 Å². The maximum atomic E-state index is 11.8. The van der Waals surface area contributed by atoms with E-state index in [0.717, 1.165) is 30.5 Å². The number of hydrogen-bond acceptors (Lipinski definition) is 2. The Hall–Kier alpha value is -0.870. The Bertz CT molecular complexity index is 416. The molecule has 2 rings (SSSR count). The van der Waals surface area contributed by atoms with E-state index in [4.69, 9.17) is 0 Å². The molecule has 1 aromatic carbocycles. The van der Waals surface area contributed by atoms with E-state index in [0.29, 0.717) is 12.3 Å². The highest BCUT2D eigenvalue weighted by molar-refractivity contribution is 9.10. The minimum atomic E-state index is 0.158. The molecule has 1 atom stereocenters. The lowest BCUT2D eigenvalue weighted by Crippen LogP contribution is -2.38. The first-order valence-corrected chi connectivity index (χ1v) is 7.75. The number of halogens is 1. The van der Waals surface area contributed by atoms with Crippen molar-refractivity contribution in [1.29, 1.82) is 0 Å². The average Bonchev–Trinajstić information content (AvgIpc) is 2.44. The van der Waals surface area contributed by atoms with Gasteiger partial charge in [-0.25, -0.2) is 0 Å². The van der Waals surface area contributed by atoms with Gasteiger partial charge in [-0.3, -0.25) is 4.79 Å². The molecule has 0 aliphatic carbocycles. The van der Waals surface area contributed by atoms with Crippen LogP contribution in [0.3, 0.4) is 0 Å². The molecule has 1 aliphatic rings. The summed E-state index contributed by atoms with van der Waals surface area (Å²) in [6.45, 7) is 2.96. The van der Waals surface area contributed by atoms with Crippen molar-refractivity contribution in [1.82, 2.24) is 10.6 Å². The van der Waals surface area contributed by atoms with Gasteiger partial charge in [0.25, 0.3) is 0 Å². The predicted molar refractivity (Wildman–Crippen MR) is 81.1 cm³/mol. The predicted octanol–water partition coefficient (Wildman–Crippen LogP) is 2.50. The molecule has 1 aliphatic heterocycles. The molecule has 4 heteroatoms. The maximum absolute atomic E-state index is 11.8. The summed E-state index contributed by atoms with van der Waals surface area (Å²) in [6, 6.07) is 8.13. The van der Waals surface area contributed by atoms with E-state index < -0.39 is 0 Å². The molecule has 2 N–H and O–H groups in total. The molecule has 1 aromatic rings. The molecule has 0 radical (unpaired) electrons. The molecule has 104 valence electrons. The molecule has 1 fully saturated rings. The lowest BCUT2D eigenvalue weighted by molar-refractivity contribution is -0.121. The molecule has 19 heavy (non-hydrogen) atoms. The molecule has 1 heterocycles. The number of hydrogen-bond donors (Lipinski definition) is 2. The molecule has 0 aromatic heterocycles. The highest BCUT2D eigenvalue weighted by Crippen LogP contribution is 2.13. The molecular formula is C15H21BrN2O. The van der Waals surface area contributed by atoms with Crippen LogP contribution in [-0.4, -0.2) is 25.5 Å². The summed E-state index contributed by atoms with van der Waals surface area (Å²) in [4.78, 5) is 11.8. The smallest absolute Gasteiger partial charge is 0.220 e. The van der Waals surface area contributed by atoms with Crippen molar-refractivity contribution < 1.29 is 4.79 Å². The summed E-state index contributed by atoms with van der Waals surface area (Å²) in [7, 11) is 0. The number of amides is 1. The van der Waals surface area contributed by atoms with Crippen LogP contribution in [0.15, 0.2) is 28.7 Å². The van der Waals surface area contributed by atoms with Gasteiger partial charge >= 0.3 is 0 Å². The van der Waals surface area contributed by atoms with Crippen molar-refractivity contribution in [2.24, 2.45) is 5.92 Å². The number of nitrogens with one attached hydrogen (secondary N) is 2. The monoisotopic (exact) mass is 324 g/mol. The first kappa shape index (κ1) is 14.5. The average molecular weight is 325 g/mol. The zero-order valence-electron chi connectivity index (χ0n) is 11.1. The third-order valence-corrected chi connectivity index (χ3v) is 4.01. The van der Waals surface area contributed by atoms with Crippen LogP contribution in [0.25, 0.3) is 0 Å². The first-order valence-electron chi connectivity index (χ1n) is 6.96. The summed E-state index contributed by atoms with van der Waals surface area (Å²) >= 11 is 3.44. The number of benzene rings is 1. The van der Waals surface area contributed by atoms with Gasteiger partial charge in [-0.2, -0.15) is 0 Å². The Morgan fingerprint density at radius 2 is 2.37 bits per heavy atom. The van der Waals surface area contributed by atoms with Crippen molar-refractivity contribution >= 4 is 21.8 Å². The number of rotatable bonds is 5. The molecule has 1 amide bonds. The Balaban J connectivity index is 1.66. The molecule has 1 saturated heterocycles. The zero-order valence-corrected chi connectivity index (χ0v) is 12.7. The van der Waals surface area contributed by atoms with E-state index in [2.05, 4.69) is 38.7 Å². The lowest BCUT2D eigenvalue weighted by atomic mass is 10.00. The second-order valence-corrected chi connectivity index (χ2v) is 6.06. The first-order chi connectivity index (χ1) is 9.24. The van der Waals surface area contributed by atoms with Gasteiger partial charge in [0.15, 0.2) is 0 Å². The van der Waals surface area contributed by atoms with Gasteiger partial charge in [-0.1, -0.05) is 28.1 Å². The quantitative estimate of drug-likeness (QED) is 0.873. The van der Waals surface area contributed by atoms with E-state index in [-0.39, 0.29) is 5.91 Å². The van der Waals surface area contributed by atoms with Crippen LogP contribution in [0.5, 0.6) is 0 Å². The van der Waals surface area contributed by atoms with Crippen LogP contribution in [0, 0.1) is 5.92 Å². The Morgan fingerprint density at radius 3 is 3.11 bits per heavy atom. The van der Waals surface area contributed by atoms with Crippen molar-refractivity contribution in [3.05, 3.63) is 34.3 Å². The van der Waals surface area contributed by atoms with Crippen molar-refractivity contribution in [3.8, 4) is 0 Å². The van der Waals surface area contributed by atoms with E-state index in [9.17, 15) is 4.79 Å². The number of aryl methyl sites for hydroxylation is 1. The van der Waals surface area contributed by atoms with Crippen LogP contribution in [0.2, 0.25) is 0 Å². The second kappa shape index (κ2) is 7.65. The summed E-state index contributed by atoms with van der Waals surface area (Å²) in [5.74, 6) is 0.758. The molecule has 0 spiro atoms. The fourth-order valence-corrected chi connectivity index (χ4v) is 2.84. The number of carbonyl (C=O) groups is 1. The third kappa shape index (κ3) is 5.33. The second-order valence-electron chi connectivity index (χ2n) is 5.15. The zero-order chi connectivity index (χ0) is 13.5. The van der Waals surface area contributed by atoms with E-state index in [1.165, 1.54) is 18.4 Å². The largest absolute Gasteiger partial charge is 0.356 e. The van der Waals surface area contributed by atoms with Crippen molar-refractivity contribution in [3.63, 3.8) is 0 Å². The molecule has 0 saturated carbocycles. The van der Waals surface area contributed by atoms with Crippen molar-refractivity contribution in [2.45, 2.75) is 25.7 Å². The molecule has 3 nitrogen and oxygen atoms in total. The van der Waals surface area contributed by atoms with Gasteiger partial charge in [-0.15, -0.1) is 0 Å². The Morgan fingerprint density at radius 1 is 1.47 bits per heavy atom. The van der Waals surface area contributed by atoms with Crippen molar-refractivity contribution in [2.75, 3.05) is 19.6 Å². The molecule has 0 bridgehead atoms. The third-order valence-electron chi connectivity index (χ3n) is 3.52. The topological polar surface area (TPSA) is 41.1 Å². The number of piperidine rings is 1. The summed E-state index contributed by atoms with van der Waals surface area (Å²) in [5, 5.41) is 6.41. The van der Waals surface area contributed by atoms with E-state index >= 15 is 0 Å². The summed E-state index contributed by atoms with van der Waals surface area (Å²) < 4.78 is 1.07. The van der Waals surface area contributed by atoms with E-state index in [1.54, 1.807) is 0 Å². The van der Waals surface area contributed by atoms with Gasteiger partial charge in [0.05, 0.1) is 0 Å². The van der Waals surface area contributed by atoms with Crippen LogP contribution in [0.4, 0.5) is 0 Å². The van der Waals surface area contributed by atoms with Crippen LogP contribution >= 0.6 is 15.9 Å². The van der Waals surface area contributed by atoms with Gasteiger partial charge in [0, 0.05) is 17.4 Å². The van der Waals surface area contributed by atoms with Crippen LogP contribution in [0.1, 0.15) is 24.8 Å². The van der Waals surface area contributed by atoms with Crippen LogP contribution < -0.4 is 10.6 Å². The fraction of sp³-hybridized carbons (Fsp3) is 0.533. The van der Waals surface area contributed by atoms with Gasteiger partial charge in [0.1, 0.15) is 0 Å². The highest BCUT2D eigenvalue weighted by atomic mass is 79.9. The maximum Gasteiger partial charge on any atom is 0.220 e. The van der Waals surface area contributed by atoms with E-state index in [1.807, 2.05) is 12.1 Å². The minimum absolute atomic E-state index is 0.158. The van der Waals surface area contributed by atoms with Gasteiger partial charge < -0.3 is 10.6 Å². The standard InChI is InChI=1S/C15H21BrN2O/c16-14-5-1-3-12(9-14)6-7-15(19)18-11-13-4-2-8-17-10-13/h1,3,5,9,13,17H,2,4,6-8,10-11H2,(H,18,19). The number of carbonyl (C=O) groups excluding carboxylic acids is 1. The Kier molecular flexibility index (Phi) is 5.86. The minimum Gasteiger partial charge on any atom is -0.356 e. The van der Waals surface area contributed by atoms with Gasteiger partial charge in [0.2, 0.25) is 5.91 Å². The lowest BCUT2D eigenvalue weighted by Gasteiger charge is -2.22. The summed E-state index contributed by atoms with van der Waals surface area (Å²) in [5.41, 5.74) is 1.20. The fourth-order valence-electron chi connectivity index (χ4n) is 2.40. The Labute approximate surface area is 123 Å². The summed E-state index contributed by atoms with van der Waals surface area (Å²) in [6.07, 6.45) is 3.81. The molecular weight excluding hydrogens is 304 g/mol. The normalized spacial score (nSPS) is 19.1.